The molecule has 1 heterocycles. The maximum Gasteiger partial charge on any atom is 0.243 e. The van der Waals surface area contributed by atoms with E-state index in [4.69, 9.17) is 0 Å². The molecule has 3 aromatic rings. The van der Waals surface area contributed by atoms with E-state index < -0.39 is 10.0 Å². The molecule has 1 aromatic heterocycles. The van der Waals surface area contributed by atoms with Crippen molar-refractivity contribution in [2.75, 3.05) is 0 Å². The number of benzene rings is 2. The summed E-state index contributed by atoms with van der Waals surface area (Å²) in [7, 11) is -3.66. The molecule has 5 nitrogen and oxygen atoms in total. The SMILES string of the molecule is O=S(=O)(NC(c1ccccc1)C1CC1)c1cccc2nsnc12. The fourth-order valence-corrected chi connectivity index (χ4v) is 4.81. The van der Waals surface area contributed by atoms with Crippen LogP contribution in [-0.4, -0.2) is 17.2 Å². The summed E-state index contributed by atoms with van der Waals surface area (Å²) in [5.74, 6) is 0.361. The predicted molar refractivity (Wildman–Crippen MR) is 89.6 cm³/mol. The molecule has 1 unspecified atom stereocenters. The number of hydrogen-bond acceptors (Lipinski definition) is 5. The Bertz CT molecular complexity index is 934. The van der Waals surface area contributed by atoms with Gasteiger partial charge in [0.05, 0.1) is 11.7 Å². The minimum absolute atomic E-state index is 0.192. The number of sulfonamides is 1. The van der Waals surface area contributed by atoms with E-state index in [9.17, 15) is 8.42 Å². The molecule has 0 amide bonds. The summed E-state index contributed by atoms with van der Waals surface area (Å²) in [6.07, 6.45) is 2.09. The molecule has 1 saturated carbocycles. The fourth-order valence-electron chi connectivity index (χ4n) is 2.76. The molecular formula is C16H15N3O2S2. The van der Waals surface area contributed by atoms with Gasteiger partial charge in [-0.1, -0.05) is 36.4 Å². The molecule has 0 bridgehead atoms. The van der Waals surface area contributed by atoms with Crippen LogP contribution in [0.2, 0.25) is 0 Å². The second-order valence-electron chi connectivity index (χ2n) is 5.74. The van der Waals surface area contributed by atoms with Crippen molar-refractivity contribution in [3.05, 3.63) is 54.1 Å². The van der Waals surface area contributed by atoms with Gasteiger partial charge in [0.2, 0.25) is 10.0 Å². The zero-order valence-electron chi connectivity index (χ0n) is 12.2. The predicted octanol–water partition coefficient (Wildman–Crippen LogP) is 3.12. The maximum absolute atomic E-state index is 12.9. The molecule has 2 aromatic carbocycles. The summed E-state index contributed by atoms with van der Waals surface area (Å²) in [6, 6.07) is 14.6. The fraction of sp³-hybridized carbons (Fsp3) is 0.250. The highest BCUT2D eigenvalue weighted by molar-refractivity contribution is 7.89. The van der Waals surface area contributed by atoms with Crippen LogP contribution in [-0.2, 0) is 10.0 Å². The third kappa shape index (κ3) is 2.87. The quantitative estimate of drug-likeness (QED) is 0.771. The molecule has 4 rings (SSSR count). The van der Waals surface area contributed by atoms with E-state index in [0.29, 0.717) is 17.0 Å². The lowest BCUT2D eigenvalue weighted by Gasteiger charge is -2.19. The van der Waals surface area contributed by atoms with Crippen LogP contribution >= 0.6 is 11.7 Å². The van der Waals surface area contributed by atoms with E-state index in [-0.39, 0.29) is 10.9 Å². The van der Waals surface area contributed by atoms with E-state index in [1.165, 1.54) is 0 Å². The number of nitrogens with zero attached hydrogens (tertiary/aromatic N) is 2. The number of aromatic nitrogens is 2. The van der Waals surface area contributed by atoms with Gasteiger partial charge in [-0.15, -0.1) is 0 Å². The smallest absolute Gasteiger partial charge is 0.207 e. The van der Waals surface area contributed by atoms with Gasteiger partial charge in [0.15, 0.2) is 0 Å². The van der Waals surface area contributed by atoms with Crippen molar-refractivity contribution in [2.24, 2.45) is 5.92 Å². The average Bonchev–Trinajstić information content (AvgIpc) is 3.29. The molecule has 118 valence electrons. The summed E-state index contributed by atoms with van der Waals surface area (Å²) in [5, 5.41) is 0. The van der Waals surface area contributed by atoms with Crippen LogP contribution in [0.5, 0.6) is 0 Å². The van der Waals surface area contributed by atoms with Crippen LogP contribution in [0.15, 0.2) is 53.4 Å². The van der Waals surface area contributed by atoms with Gasteiger partial charge in [0.25, 0.3) is 0 Å². The Labute approximate surface area is 138 Å². The Balaban J connectivity index is 1.72. The van der Waals surface area contributed by atoms with Gasteiger partial charge in [0.1, 0.15) is 15.9 Å². The Morgan fingerprint density at radius 3 is 2.57 bits per heavy atom. The normalized spacial score (nSPS) is 16.5. The number of rotatable bonds is 5. The summed E-state index contributed by atoms with van der Waals surface area (Å²) in [5.41, 5.74) is 2.05. The van der Waals surface area contributed by atoms with E-state index in [1.54, 1.807) is 18.2 Å². The van der Waals surface area contributed by atoms with E-state index in [0.717, 1.165) is 30.1 Å². The first kappa shape index (κ1) is 14.7. The summed E-state index contributed by atoms with van der Waals surface area (Å²) < 4.78 is 36.9. The zero-order chi connectivity index (χ0) is 15.9. The first-order valence-electron chi connectivity index (χ1n) is 7.44. The topological polar surface area (TPSA) is 72.0 Å². The molecule has 23 heavy (non-hydrogen) atoms. The lowest BCUT2D eigenvalue weighted by atomic mass is 10.0. The first-order chi connectivity index (χ1) is 11.1. The second kappa shape index (κ2) is 5.67. The maximum atomic E-state index is 12.9. The molecule has 0 spiro atoms. The van der Waals surface area contributed by atoms with Crippen molar-refractivity contribution in [3.63, 3.8) is 0 Å². The number of nitrogens with one attached hydrogen (secondary N) is 1. The van der Waals surface area contributed by atoms with Crippen molar-refractivity contribution in [2.45, 2.75) is 23.8 Å². The third-order valence-corrected chi connectivity index (χ3v) is 6.09. The van der Waals surface area contributed by atoms with Crippen molar-refractivity contribution >= 4 is 32.8 Å². The van der Waals surface area contributed by atoms with Crippen LogP contribution in [0.4, 0.5) is 0 Å². The molecule has 1 atom stereocenters. The van der Waals surface area contributed by atoms with Gasteiger partial charge in [0, 0.05) is 6.04 Å². The van der Waals surface area contributed by atoms with Crippen LogP contribution in [0.1, 0.15) is 24.4 Å². The second-order valence-corrected chi connectivity index (χ2v) is 7.95. The molecule has 0 aliphatic heterocycles. The lowest BCUT2D eigenvalue weighted by Crippen LogP contribution is -2.30. The van der Waals surface area contributed by atoms with E-state index in [1.807, 2.05) is 30.3 Å². The van der Waals surface area contributed by atoms with Crippen molar-refractivity contribution in [3.8, 4) is 0 Å². The number of fused-ring (bicyclic) bond motifs is 1. The molecule has 1 N–H and O–H groups in total. The standard InChI is InChI=1S/C16H15N3O2S2/c20-23(21,14-8-4-7-13-16(14)18-22-17-13)19-15(12-9-10-12)11-5-2-1-3-6-11/h1-8,12,15,19H,9-10H2. The van der Waals surface area contributed by atoms with E-state index >= 15 is 0 Å². The highest BCUT2D eigenvalue weighted by atomic mass is 32.2. The minimum Gasteiger partial charge on any atom is -0.207 e. The summed E-state index contributed by atoms with van der Waals surface area (Å²) >= 11 is 1.02. The van der Waals surface area contributed by atoms with Gasteiger partial charge in [-0.05, 0) is 36.5 Å². The molecule has 0 saturated heterocycles. The third-order valence-electron chi connectivity index (χ3n) is 4.07. The zero-order valence-corrected chi connectivity index (χ0v) is 13.8. The molecule has 1 aliphatic carbocycles. The highest BCUT2D eigenvalue weighted by Gasteiger charge is 2.35. The van der Waals surface area contributed by atoms with Gasteiger partial charge in [-0.25, -0.2) is 13.1 Å². The summed E-state index contributed by atoms with van der Waals surface area (Å²) in [6.45, 7) is 0. The Hall–Kier alpha value is -1.83. The van der Waals surface area contributed by atoms with E-state index in [2.05, 4.69) is 13.5 Å². The molecule has 0 radical (unpaired) electrons. The number of hydrogen-bond donors (Lipinski definition) is 1. The van der Waals surface area contributed by atoms with Crippen molar-refractivity contribution in [1.29, 1.82) is 0 Å². The molecule has 1 aliphatic rings. The van der Waals surface area contributed by atoms with Gasteiger partial charge >= 0.3 is 0 Å². The van der Waals surface area contributed by atoms with Crippen LogP contribution in [0.25, 0.3) is 11.0 Å². The minimum atomic E-state index is -3.66. The van der Waals surface area contributed by atoms with Gasteiger partial charge in [-0.2, -0.15) is 8.75 Å². The largest absolute Gasteiger partial charge is 0.243 e. The van der Waals surface area contributed by atoms with Crippen molar-refractivity contribution in [1.82, 2.24) is 13.5 Å². The lowest BCUT2D eigenvalue weighted by molar-refractivity contribution is 0.529. The van der Waals surface area contributed by atoms with Gasteiger partial charge < -0.3 is 0 Å². The van der Waals surface area contributed by atoms with Crippen LogP contribution in [0, 0.1) is 5.92 Å². The monoisotopic (exact) mass is 345 g/mol. The Morgan fingerprint density at radius 2 is 1.83 bits per heavy atom. The highest BCUT2D eigenvalue weighted by Crippen LogP contribution is 2.41. The van der Waals surface area contributed by atoms with Gasteiger partial charge in [-0.3, -0.25) is 0 Å². The molecule has 1 fully saturated rings. The first-order valence-corrected chi connectivity index (χ1v) is 9.65. The van der Waals surface area contributed by atoms with Crippen LogP contribution in [0.3, 0.4) is 0 Å². The Kier molecular flexibility index (Phi) is 3.63. The Morgan fingerprint density at radius 1 is 1.04 bits per heavy atom. The molecular weight excluding hydrogens is 330 g/mol. The summed E-state index contributed by atoms with van der Waals surface area (Å²) in [4.78, 5) is 0.199. The average molecular weight is 345 g/mol. The van der Waals surface area contributed by atoms with Crippen LogP contribution < -0.4 is 4.72 Å². The van der Waals surface area contributed by atoms with Crippen molar-refractivity contribution < 1.29 is 8.42 Å². The molecule has 7 heteroatoms.